The van der Waals surface area contributed by atoms with Crippen molar-refractivity contribution in [1.82, 2.24) is 0 Å². The molecule has 0 heterocycles. The Bertz CT molecular complexity index is 360. The van der Waals surface area contributed by atoms with E-state index in [9.17, 15) is 0 Å². The molecule has 1 aromatic carbocycles. The minimum absolute atomic E-state index is 0.205. The van der Waals surface area contributed by atoms with Gasteiger partial charge >= 0.3 is 0 Å². The second-order valence-corrected chi connectivity index (χ2v) is 7.32. The molecule has 0 amide bonds. The Balaban J connectivity index is 1.79. The average molecular weight is 331 g/mol. The molecule has 0 bridgehead atoms. The molecule has 0 spiro atoms. The summed E-state index contributed by atoms with van der Waals surface area (Å²) in [6.07, 6.45) is 20.9. The van der Waals surface area contributed by atoms with E-state index in [0.717, 1.165) is 6.42 Å². The molecule has 0 aliphatic carbocycles. The molecule has 0 aromatic heterocycles. The number of hydrogen-bond donors (Lipinski definition) is 1. The van der Waals surface area contributed by atoms with Crippen molar-refractivity contribution < 1.29 is 0 Å². The van der Waals surface area contributed by atoms with Crippen LogP contribution in [-0.4, -0.2) is 0 Å². The Morgan fingerprint density at radius 1 is 0.708 bits per heavy atom. The zero-order valence-corrected chi connectivity index (χ0v) is 16.1. The van der Waals surface area contributed by atoms with Crippen LogP contribution in [0.5, 0.6) is 0 Å². The van der Waals surface area contributed by atoms with Gasteiger partial charge in [0.15, 0.2) is 0 Å². The largest absolute Gasteiger partial charge is 0.324 e. The molecule has 1 heteroatoms. The Hall–Kier alpha value is -0.820. The first-order chi connectivity index (χ1) is 11.8. The highest BCUT2D eigenvalue weighted by molar-refractivity contribution is 5.17. The molecule has 1 aromatic rings. The summed E-state index contributed by atoms with van der Waals surface area (Å²) in [5.41, 5.74) is 7.48. The third-order valence-electron chi connectivity index (χ3n) is 5.04. The minimum atomic E-state index is 0.205. The van der Waals surface area contributed by atoms with Gasteiger partial charge in [-0.2, -0.15) is 0 Å². The topological polar surface area (TPSA) is 26.0 Å². The lowest BCUT2D eigenvalue weighted by molar-refractivity contribution is 0.521. The van der Waals surface area contributed by atoms with Crippen molar-refractivity contribution in [3.8, 4) is 0 Å². The lowest BCUT2D eigenvalue weighted by Crippen LogP contribution is -2.09. The van der Waals surface area contributed by atoms with Crippen molar-refractivity contribution in [1.29, 1.82) is 0 Å². The number of hydrogen-bond acceptors (Lipinski definition) is 1. The van der Waals surface area contributed by atoms with Gasteiger partial charge in [0.2, 0.25) is 0 Å². The van der Waals surface area contributed by atoms with Crippen LogP contribution >= 0.6 is 0 Å². The third-order valence-corrected chi connectivity index (χ3v) is 5.04. The molecule has 0 saturated carbocycles. The number of benzene rings is 1. The van der Waals surface area contributed by atoms with Gasteiger partial charge in [-0.25, -0.2) is 0 Å². The van der Waals surface area contributed by atoms with Gasteiger partial charge in [-0.1, -0.05) is 121 Å². The van der Waals surface area contributed by atoms with E-state index in [0.29, 0.717) is 0 Å². The normalized spacial score (nSPS) is 12.4. The lowest BCUT2D eigenvalue weighted by atomic mass is 10.00. The second kappa shape index (κ2) is 15.7. The molecule has 0 aliphatic rings. The van der Waals surface area contributed by atoms with Crippen LogP contribution < -0.4 is 5.73 Å². The summed E-state index contributed by atoms with van der Waals surface area (Å²) >= 11 is 0. The van der Waals surface area contributed by atoms with Crippen LogP contribution in [0.15, 0.2) is 24.3 Å². The van der Waals surface area contributed by atoms with Gasteiger partial charge in [0.05, 0.1) is 0 Å². The van der Waals surface area contributed by atoms with Gasteiger partial charge in [-0.15, -0.1) is 0 Å². The number of rotatable bonds is 16. The number of nitrogens with two attached hydrogens (primary N) is 1. The fourth-order valence-corrected chi connectivity index (χ4v) is 3.37. The Morgan fingerprint density at radius 2 is 1.12 bits per heavy atom. The molecule has 1 atom stereocenters. The highest BCUT2D eigenvalue weighted by Crippen LogP contribution is 2.18. The van der Waals surface area contributed by atoms with Gasteiger partial charge in [0, 0.05) is 6.04 Å². The van der Waals surface area contributed by atoms with Crippen molar-refractivity contribution in [3.63, 3.8) is 0 Å². The number of unbranched alkanes of at least 4 members (excludes halogenated alkanes) is 13. The summed E-state index contributed by atoms with van der Waals surface area (Å²) in [5.74, 6) is 0. The van der Waals surface area contributed by atoms with E-state index < -0.39 is 0 Å². The lowest BCUT2D eigenvalue weighted by Gasteiger charge is -2.11. The molecule has 1 radical (unpaired) electrons. The molecule has 0 aliphatic heterocycles. The summed E-state index contributed by atoms with van der Waals surface area (Å²) < 4.78 is 0. The minimum Gasteiger partial charge on any atom is -0.324 e. The van der Waals surface area contributed by atoms with E-state index in [2.05, 4.69) is 25.1 Å². The molecule has 1 rings (SSSR count). The van der Waals surface area contributed by atoms with Crippen LogP contribution in [0.1, 0.15) is 115 Å². The zero-order chi connectivity index (χ0) is 17.3. The van der Waals surface area contributed by atoms with Crippen molar-refractivity contribution in [2.24, 2.45) is 5.73 Å². The van der Waals surface area contributed by atoms with Crippen LogP contribution in [0, 0.1) is 6.07 Å². The van der Waals surface area contributed by atoms with Crippen LogP contribution in [0.2, 0.25) is 0 Å². The SMILES string of the molecule is CCCCCCCCCCCCCCCCC(N)c1cc[c]cc1. The summed E-state index contributed by atoms with van der Waals surface area (Å²) in [6, 6.07) is 11.4. The molecule has 137 valence electrons. The van der Waals surface area contributed by atoms with Gasteiger partial charge in [0.25, 0.3) is 0 Å². The summed E-state index contributed by atoms with van der Waals surface area (Å²) in [5, 5.41) is 0. The predicted molar refractivity (Wildman–Crippen MR) is 107 cm³/mol. The van der Waals surface area contributed by atoms with E-state index in [4.69, 9.17) is 5.73 Å². The summed E-state index contributed by atoms with van der Waals surface area (Å²) in [6.45, 7) is 2.29. The smallest absolute Gasteiger partial charge is 0.0294 e. The molecule has 24 heavy (non-hydrogen) atoms. The van der Waals surface area contributed by atoms with Gasteiger partial charge in [-0.05, 0) is 18.1 Å². The van der Waals surface area contributed by atoms with Crippen molar-refractivity contribution >= 4 is 0 Å². The third kappa shape index (κ3) is 11.7. The molecule has 1 nitrogen and oxygen atoms in total. The summed E-state index contributed by atoms with van der Waals surface area (Å²) in [7, 11) is 0. The standard InChI is InChI=1S/C23H40N/c1-2-3-4-5-6-7-8-9-10-11-12-13-14-18-21-23(24)22-19-16-15-17-20-22/h16-17,19-20,23H,2-14,18,21,24H2,1H3. The van der Waals surface area contributed by atoms with Crippen molar-refractivity contribution in [2.45, 2.75) is 109 Å². The fraction of sp³-hybridized carbons (Fsp3) is 0.739. The molecule has 1 unspecified atom stereocenters. The Morgan fingerprint density at radius 3 is 1.58 bits per heavy atom. The molecule has 0 fully saturated rings. The van der Waals surface area contributed by atoms with E-state index in [1.54, 1.807) is 0 Å². The van der Waals surface area contributed by atoms with E-state index in [1.807, 2.05) is 12.1 Å². The molecule has 0 saturated heterocycles. The molecular weight excluding hydrogens is 290 g/mol. The van der Waals surface area contributed by atoms with Crippen LogP contribution in [0.4, 0.5) is 0 Å². The zero-order valence-electron chi connectivity index (χ0n) is 16.1. The van der Waals surface area contributed by atoms with Crippen molar-refractivity contribution in [2.75, 3.05) is 0 Å². The van der Waals surface area contributed by atoms with Crippen LogP contribution in [-0.2, 0) is 0 Å². The predicted octanol–water partition coefficient (Wildman–Crippen LogP) is 7.36. The van der Waals surface area contributed by atoms with Crippen LogP contribution in [0.3, 0.4) is 0 Å². The van der Waals surface area contributed by atoms with E-state index in [-0.39, 0.29) is 6.04 Å². The highest BCUT2D eigenvalue weighted by Gasteiger charge is 2.04. The van der Waals surface area contributed by atoms with Crippen molar-refractivity contribution in [3.05, 3.63) is 35.9 Å². The quantitative estimate of drug-likeness (QED) is 0.315. The fourth-order valence-electron chi connectivity index (χ4n) is 3.37. The van der Waals surface area contributed by atoms with E-state index in [1.165, 1.54) is 95.5 Å². The summed E-state index contributed by atoms with van der Waals surface area (Å²) in [4.78, 5) is 0. The molecular formula is C23H40N. The Kier molecular flexibility index (Phi) is 13.9. The van der Waals surface area contributed by atoms with Gasteiger partial charge < -0.3 is 5.73 Å². The maximum atomic E-state index is 6.23. The Labute approximate surface area is 151 Å². The first-order valence-electron chi connectivity index (χ1n) is 10.6. The monoisotopic (exact) mass is 330 g/mol. The first-order valence-corrected chi connectivity index (χ1v) is 10.6. The van der Waals surface area contributed by atoms with E-state index >= 15 is 0 Å². The van der Waals surface area contributed by atoms with Gasteiger partial charge in [-0.3, -0.25) is 0 Å². The average Bonchev–Trinajstić information content (AvgIpc) is 2.62. The first kappa shape index (κ1) is 21.2. The highest BCUT2D eigenvalue weighted by atomic mass is 14.6. The van der Waals surface area contributed by atoms with Gasteiger partial charge in [0.1, 0.15) is 0 Å². The second-order valence-electron chi connectivity index (χ2n) is 7.32. The maximum Gasteiger partial charge on any atom is 0.0294 e. The molecule has 2 N–H and O–H groups in total. The van der Waals surface area contributed by atoms with Crippen LogP contribution in [0.25, 0.3) is 0 Å². The maximum absolute atomic E-state index is 6.23.